The Balaban J connectivity index is 2.16. The topological polar surface area (TPSA) is 89.9 Å². The highest BCUT2D eigenvalue weighted by Gasteiger charge is 2.12. The van der Waals surface area contributed by atoms with Crippen LogP contribution < -0.4 is 11.1 Å². The van der Waals surface area contributed by atoms with Gasteiger partial charge >= 0.3 is 0 Å². The Morgan fingerprint density at radius 1 is 1.35 bits per heavy atom. The Hall–Kier alpha value is -2.11. The van der Waals surface area contributed by atoms with Crippen LogP contribution in [0.2, 0.25) is 0 Å². The maximum atomic E-state index is 5.92. The summed E-state index contributed by atoms with van der Waals surface area (Å²) in [7, 11) is 0. The number of aryl methyl sites for hydroxylation is 1. The fraction of sp³-hybridized carbons (Fsp3) is 0.500. The molecule has 2 heterocycles. The average molecular weight is 275 g/mol. The molecule has 0 unspecified atom stereocenters. The molecule has 0 saturated carbocycles. The van der Waals surface area contributed by atoms with E-state index in [-0.39, 0.29) is 5.92 Å². The second kappa shape index (κ2) is 5.90. The fourth-order valence-electron chi connectivity index (χ4n) is 1.73. The molecule has 20 heavy (non-hydrogen) atoms. The molecule has 0 fully saturated rings. The first kappa shape index (κ1) is 14.3. The van der Waals surface area contributed by atoms with Crippen LogP contribution in [0.3, 0.4) is 0 Å². The summed E-state index contributed by atoms with van der Waals surface area (Å²) in [6, 6.07) is 0. The highest BCUT2D eigenvalue weighted by atomic mass is 16.4. The molecule has 0 aromatic carbocycles. The normalized spacial score (nSPS) is 11.1. The number of nitrogens with two attached hydrogens (primary N) is 1. The van der Waals surface area contributed by atoms with Crippen LogP contribution in [0.5, 0.6) is 0 Å². The zero-order valence-corrected chi connectivity index (χ0v) is 12.4. The van der Waals surface area contributed by atoms with Crippen LogP contribution in [0.4, 0.5) is 11.6 Å². The molecule has 0 radical (unpaired) electrons. The SMILES string of the molecule is CCc1cnc(CNc2nc(C(C)C)nc(N)c2C)o1. The second-order valence-electron chi connectivity index (χ2n) is 5.02. The van der Waals surface area contributed by atoms with Gasteiger partial charge < -0.3 is 15.5 Å². The molecule has 6 heteroatoms. The van der Waals surface area contributed by atoms with Gasteiger partial charge in [0.2, 0.25) is 5.89 Å². The molecule has 0 aliphatic rings. The lowest BCUT2D eigenvalue weighted by atomic mass is 10.2. The minimum atomic E-state index is 0.229. The van der Waals surface area contributed by atoms with Crippen molar-refractivity contribution in [2.75, 3.05) is 11.1 Å². The van der Waals surface area contributed by atoms with Crippen molar-refractivity contribution in [2.45, 2.75) is 46.6 Å². The van der Waals surface area contributed by atoms with E-state index in [9.17, 15) is 0 Å². The number of hydrogen-bond donors (Lipinski definition) is 2. The van der Waals surface area contributed by atoms with E-state index in [0.717, 1.165) is 29.4 Å². The van der Waals surface area contributed by atoms with Crippen molar-refractivity contribution in [3.8, 4) is 0 Å². The van der Waals surface area contributed by atoms with E-state index < -0.39 is 0 Å². The summed E-state index contributed by atoms with van der Waals surface area (Å²) in [4.78, 5) is 13.0. The lowest BCUT2D eigenvalue weighted by Gasteiger charge is -2.12. The number of oxazole rings is 1. The van der Waals surface area contributed by atoms with Crippen molar-refractivity contribution in [2.24, 2.45) is 0 Å². The molecular weight excluding hydrogens is 254 g/mol. The third-order valence-electron chi connectivity index (χ3n) is 3.07. The monoisotopic (exact) mass is 275 g/mol. The number of nitrogens with zero attached hydrogens (tertiary/aromatic N) is 3. The number of nitrogen functional groups attached to an aromatic ring is 1. The number of nitrogens with one attached hydrogen (secondary N) is 1. The van der Waals surface area contributed by atoms with Gasteiger partial charge in [-0.15, -0.1) is 0 Å². The smallest absolute Gasteiger partial charge is 0.213 e. The largest absolute Gasteiger partial charge is 0.444 e. The number of anilines is 2. The standard InChI is InChI=1S/C14H21N5O/c1-5-10-6-16-11(20-10)7-17-14-9(4)12(15)18-13(19-14)8(2)3/h6,8H,5,7H2,1-4H3,(H3,15,17,18,19). The summed E-state index contributed by atoms with van der Waals surface area (Å²) in [6.45, 7) is 8.48. The maximum absolute atomic E-state index is 5.92. The van der Waals surface area contributed by atoms with Crippen LogP contribution in [0, 0.1) is 6.92 Å². The van der Waals surface area contributed by atoms with Crippen molar-refractivity contribution in [3.05, 3.63) is 29.2 Å². The molecular formula is C14H21N5O. The summed E-state index contributed by atoms with van der Waals surface area (Å²) < 4.78 is 5.55. The van der Waals surface area contributed by atoms with Gasteiger partial charge in [0.15, 0.2) is 0 Å². The van der Waals surface area contributed by atoms with Crippen LogP contribution in [0.25, 0.3) is 0 Å². The Bertz CT molecular complexity index is 591. The first-order valence-corrected chi connectivity index (χ1v) is 6.82. The van der Waals surface area contributed by atoms with Crippen molar-refractivity contribution >= 4 is 11.6 Å². The van der Waals surface area contributed by atoms with Crippen molar-refractivity contribution < 1.29 is 4.42 Å². The highest BCUT2D eigenvalue weighted by molar-refractivity contribution is 5.54. The summed E-state index contributed by atoms with van der Waals surface area (Å²) in [5.41, 5.74) is 6.77. The van der Waals surface area contributed by atoms with Crippen LogP contribution >= 0.6 is 0 Å². The molecule has 2 aromatic rings. The van der Waals surface area contributed by atoms with E-state index in [1.54, 1.807) is 6.20 Å². The lowest BCUT2D eigenvalue weighted by molar-refractivity contribution is 0.465. The molecule has 0 aliphatic heterocycles. The Morgan fingerprint density at radius 2 is 2.10 bits per heavy atom. The highest BCUT2D eigenvalue weighted by Crippen LogP contribution is 2.21. The van der Waals surface area contributed by atoms with Gasteiger partial charge in [0, 0.05) is 17.9 Å². The predicted molar refractivity (Wildman–Crippen MR) is 78.5 cm³/mol. The Labute approximate surface area is 118 Å². The molecule has 108 valence electrons. The van der Waals surface area contributed by atoms with Gasteiger partial charge in [0.1, 0.15) is 23.2 Å². The van der Waals surface area contributed by atoms with Gasteiger partial charge in [-0.2, -0.15) is 0 Å². The first-order valence-electron chi connectivity index (χ1n) is 6.82. The predicted octanol–water partition coefficient (Wildman–Crippen LogP) is 2.65. The molecule has 0 amide bonds. The quantitative estimate of drug-likeness (QED) is 0.871. The minimum Gasteiger partial charge on any atom is -0.444 e. The number of aromatic nitrogens is 3. The second-order valence-corrected chi connectivity index (χ2v) is 5.02. The van der Waals surface area contributed by atoms with Crippen LogP contribution in [-0.4, -0.2) is 15.0 Å². The van der Waals surface area contributed by atoms with E-state index >= 15 is 0 Å². The van der Waals surface area contributed by atoms with Gasteiger partial charge in [-0.3, -0.25) is 0 Å². The average Bonchev–Trinajstić information content (AvgIpc) is 2.88. The van der Waals surface area contributed by atoms with Crippen LogP contribution in [0.1, 0.15) is 49.7 Å². The maximum Gasteiger partial charge on any atom is 0.213 e. The summed E-state index contributed by atoms with van der Waals surface area (Å²) in [5.74, 6) is 3.72. The Morgan fingerprint density at radius 3 is 2.70 bits per heavy atom. The van der Waals surface area contributed by atoms with E-state index in [1.165, 1.54) is 0 Å². The summed E-state index contributed by atoms with van der Waals surface area (Å²) >= 11 is 0. The third-order valence-corrected chi connectivity index (χ3v) is 3.07. The van der Waals surface area contributed by atoms with Crippen molar-refractivity contribution in [1.82, 2.24) is 15.0 Å². The molecule has 0 atom stereocenters. The minimum absolute atomic E-state index is 0.229. The van der Waals surface area contributed by atoms with Crippen molar-refractivity contribution in [1.29, 1.82) is 0 Å². The molecule has 0 aliphatic carbocycles. The van der Waals surface area contributed by atoms with Gasteiger partial charge in [0.05, 0.1) is 12.7 Å². The van der Waals surface area contributed by atoms with Crippen LogP contribution in [-0.2, 0) is 13.0 Å². The van der Waals surface area contributed by atoms with Gasteiger partial charge in [-0.25, -0.2) is 15.0 Å². The molecule has 0 spiro atoms. The Kier molecular flexibility index (Phi) is 4.22. The molecule has 3 N–H and O–H groups in total. The summed E-state index contributed by atoms with van der Waals surface area (Å²) in [5, 5.41) is 3.22. The van der Waals surface area contributed by atoms with Crippen LogP contribution in [0.15, 0.2) is 10.6 Å². The molecule has 0 saturated heterocycles. The zero-order valence-electron chi connectivity index (χ0n) is 12.4. The third kappa shape index (κ3) is 3.07. The molecule has 2 rings (SSSR count). The first-order chi connectivity index (χ1) is 9.51. The zero-order chi connectivity index (χ0) is 14.7. The van der Waals surface area contributed by atoms with E-state index in [1.807, 2.05) is 27.7 Å². The summed E-state index contributed by atoms with van der Waals surface area (Å²) in [6.07, 6.45) is 2.59. The van der Waals surface area contributed by atoms with E-state index in [4.69, 9.17) is 10.2 Å². The van der Waals surface area contributed by atoms with E-state index in [2.05, 4.69) is 20.3 Å². The van der Waals surface area contributed by atoms with Gasteiger partial charge in [0.25, 0.3) is 0 Å². The molecule has 2 aromatic heterocycles. The van der Waals surface area contributed by atoms with Gasteiger partial charge in [-0.1, -0.05) is 20.8 Å². The number of hydrogen-bond acceptors (Lipinski definition) is 6. The van der Waals surface area contributed by atoms with Crippen molar-refractivity contribution in [3.63, 3.8) is 0 Å². The van der Waals surface area contributed by atoms with E-state index in [0.29, 0.717) is 18.3 Å². The number of rotatable bonds is 5. The van der Waals surface area contributed by atoms with Gasteiger partial charge in [-0.05, 0) is 6.92 Å². The lowest BCUT2D eigenvalue weighted by Crippen LogP contribution is -2.10. The fourth-order valence-corrected chi connectivity index (χ4v) is 1.73. The molecule has 0 bridgehead atoms. The molecule has 6 nitrogen and oxygen atoms in total.